The van der Waals surface area contributed by atoms with Gasteiger partial charge in [-0.1, -0.05) is 186 Å². The summed E-state index contributed by atoms with van der Waals surface area (Å²) >= 11 is 0. The normalized spacial score (nSPS) is 13.0. The summed E-state index contributed by atoms with van der Waals surface area (Å²) in [6.07, 6.45) is 0. The van der Waals surface area contributed by atoms with Crippen molar-refractivity contribution in [3.05, 3.63) is 154 Å². The van der Waals surface area contributed by atoms with Crippen molar-refractivity contribution in [2.45, 2.75) is 105 Å². The fraction of sp³-hybridized carbons (Fsp3) is 0.362. The lowest BCUT2D eigenvalue weighted by Gasteiger charge is -2.37. The van der Waals surface area contributed by atoms with Crippen molar-refractivity contribution in [3.63, 3.8) is 0 Å². The highest BCUT2D eigenvalue weighted by atomic mass is 16.3. The maximum atomic E-state index is 12.1. The fourth-order valence-electron chi connectivity index (χ4n) is 6.96. The largest absolute Gasteiger partial charge is 0.508 e. The molecule has 0 amide bonds. The minimum Gasteiger partial charge on any atom is -0.508 e. The van der Waals surface area contributed by atoms with Gasteiger partial charge in [-0.25, -0.2) is 0 Å². The molecular weight excluding hydrogens is 597 g/mol. The minimum atomic E-state index is -0.344. The average Bonchev–Trinajstić information content (AvgIpc) is 3.06. The Morgan fingerprint density at radius 2 is 0.980 bits per heavy atom. The summed E-state index contributed by atoms with van der Waals surface area (Å²) in [5, 5.41) is 22.0. The van der Waals surface area contributed by atoms with Crippen LogP contribution in [-0.2, 0) is 16.2 Å². The number of hydrogen-bond acceptors (Lipinski definition) is 2. The van der Waals surface area contributed by atoms with Crippen molar-refractivity contribution in [2.75, 3.05) is 0 Å². The molecule has 5 aromatic carbocycles. The van der Waals surface area contributed by atoms with E-state index in [9.17, 15) is 10.2 Å². The molecule has 1 unspecified atom stereocenters. The second-order valence-corrected chi connectivity index (χ2v) is 16.4. The molecule has 1 atom stereocenters. The van der Waals surface area contributed by atoms with Crippen LogP contribution >= 0.6 is 0 Å². The van der Waals surface area contributed by atoms with Gasteiger partial charge >= 0.3 is 0 Å². The third-order valence-corrected chi connectivity index (χ3v) is 10.1. The van der Waals surface area contributed by atoms with Crippen LogP contribution in [0, 0.1) is 5.41 Å². The predicted molar refractivity (Wildman–Crippen MR) is 210 cm³/mol. The van der Waals surface area contributed by atoms with Crippen LogP contribution in [0.2, 0.25) is 0 Å². The SMILES string of the molecule is CC.CC(C)(C)c1cc(C(C)(C)c2cccc(C(C)(C)c3ccc(O)cc3)c2)cc(C(c2ccc(-c3ccccc3)cc2)C(C)(C)C)c1O. The summed E-state index contributed by atoms with van der Waals surface area (Å²) in [6, 6.07) is 40.3. The van der Waals surface area contributed by atoms with E-state index in [2.05, 4.69) is 154 Å². The Hall–Kier alpha value is -4.30. The first-order valence-corrected chi connectivity index (χ1v) is 17.8. The summed E-state index contributed by atoms with van der Waals surface area (Å²) in [7, 11) is 0. The van der Waals surface area contributed by atoms with Gasteiger partial charge in [0.15, 0.2) is 0 Å². The van der Waals surface area contributed by atoms with E-state index in [4.69, 9.17) is 0 Å². The molecule has 0 aromatic heterocycles. The monoisotopic (exact) mass is 654 g/mol. The summed E-state index contributed by atoms with van der Waals surface area (Å²) < 4.78 is 0. The standard InChI is InChI=1S/C45H52O2.C2H6/c1-42(2,3)39-29-36(45(9,10)35-18-14-17-34(27-35)44(7,8)33-23-25-37(46)26-24-33)28-38(41(39)47)40(43(4,5)6)32-21-19-31(20-22-32)30-15-12-11-13-16-30;1-2/h11-29,40,46-47H,1-10H3;1-2H3. The van der Waals surface area contributed by atoms with Crippen molar-refractivity contribution in [2.24, 2.45) is 5.41 Å². The first kappa shape index (κ1) is 37.5. The van der Waals surface area contributed by atoms with E-state index in [1.165, 1.54) is 33.4 Å². The van der Waals surface area contributed by atoms with Gasteiger partial charge in [-0.3, -0.25) is 0 Å². The van der Waals surface area contributed by atoms with Gasteiger partial charge in [-0.05, 0) is 67.5 Å². The van der Waals surface area contributed by atoms with Crippen LogP contribution in [-0.4, -0.2) is 10.2 Å². The molecule has 0 bridgehead atoms. The molecule has 0 aliphatic heterocycles. The van der Waals surface area contributed by atoms with Gasteiger partial charge in [0.1, 0.15) is 11.5 Å². The van der Waals surface area contributed by atoms with E-state index < -0.39 is 0 Å². The Morgan fingerprint density at radius 1 is 0.469 bits per heavy atom. The van der Waals surface area contributed by atoms with Crippen LogP contribution in [0.25, 0.3) is 11.1 Å². The number of phenols is 2. The number of phenolic OH excluding ortho intramolecular Hbond substituents is 2. The van der Waals surface area contributed by atoms with Crippen LogP contribution in [0.5, 0.6) is 11.5 Å². The Labute approximate surface area is 296 Å². The molecule has 49 heavy (non-hydrogen) atoms. The van der Waals surface area contributed by atoms with Crippen molar-refractivity contribution < 1.29 is 10.2 Å². The van der Waals surface area contributed by atoms with Crippen molar-refractivity contribution in [1.29, 1.82) is 0 Å². The zero-order valence-corrected chi connectivity index (χ0v) is 31.9. The van der Waals surface area contributed by atoms with Crippen molar-refractivity contribution >= 4 is 0 Å². The maximum Gasteiger partial charge on any atom is 0.123 e. The zero-order chi connectivity index (χ0) is 36.4. The Morgan fingerprint density at radius 3 is 1.49 bits per heavy atom. The molecule has 2 nitrogen and oxygen atoms in total. The summed E-state index contributed by atoms with van der Waals surface area (Å²) in [4.78, 5) is 0. The van der Waals surface area contributed by atoms with Gasteiger partial charge in [0.05, 0.1) is 0 Å². The Balaban J connectivity index is 0.00000265. The third-order valence-electron chi connectivity index (χ3n) is 10.1. The van der Waals surface area contributed by atoms with E-state index in [-0.39, 0.29) is 33.3 Å². The molecule has 0 saturated heterocycles. The molecule has 0 saturated carbocycles. The molecule has 0 fully saturated rings. The molecule has 0 heterocycles. The first-order valence-electron chi connectivity index (χ1n) is 17.8. The van der Waals surface area contributed by atoms with E-state index in [1.807, 2.05) is 32.0 Å². The smallest absolute Gasteiger partial charge is 0.123 e. The lowest BCUT2D eigenvalue weighted by atomic mass is 9.68. The van der Waals surface area contributed by atoms with Gasteiger partial charge in [0, 0.05) is 22.3 Å². The Kier molecular flexibility index (Phi) is 10.9. The molecule has 0 aliphatic carbocycles. The van der Waals surface area contributed by atoms with E-state index in [0.717, 1.165) is 16.7 Å². The first-order chi connectivity index (χ1) is 22.9. The highest BCUT2D eigenvalue weighted by Gasteiger charge is 2.36. The molecule has 0 aliphatic rings. The molecule has 0 radical (unpaired) electrons. The van der Waals surface area contributed by atoms with Crippen LogP contribution in [0.1, 0.15) is 128 Å². The number of rotatable bonds is 7. The van der Waals surface area contributed by atoms with Gasteiger partial charge in [0.2, 0.25) is 0 Å². The molecule has 5 aromatic rings. The van der Waals surface area contributed by atoms with Gasteiger partial charge in [0.25, 0.3) is 0 Å². The lowest BCUT2D eigenvalue weighted by molar-refractivity contribution is 0.343. The van der Waals surface area contributed by atoms with Crippen molar-refractivity contribution in [3.8, 4) is 22.6 Å². The quantitative estimate of drug-likeness (QED) is 0.183. The molecule has 2 heteroatoms. The van der Waals surface area contributed by atoms with E-state index >= 15 is 0 Å². The Bertz CT molecular complexity index is 1830. The molecule has 5 rings (SSSR count). The van der Waals surface area contributed by atoms with Crippen LogP contribution in [0.4, 0.5) is 0 Å². The summed E-state index contributed by atoms with van der Waals surface area (Å²) in [6.45, 7) is 26.4. The summed E-state index contributed by atoms with van der Waals surface area (Å²) in [5.41, 5.74) is 9.29. The molecule has 0 spiro atoms. The molecular formula is C47H58O2. The average molecular weight is 655 g/mol. The maximum absolute atomic E-state index is 12.1. The highest BCUT2D eigenvalue weighted by Crippen LogP contribution is 2.49. The number of hydrogen-bond donors (Lipinski definition) is 2. The number of aromatic hydroxyl groups is 2. The van der Waals surface area contributed by atoms with E-state index in [0.29, 0.717) is 5.75 Å². The molecule has 2 N–H and O–H groups in total. The van der Waals surface area contributed by atoms with Crippen LogP contribution in [0.3, 0.4) is 0 Å². The predicted octanol–water partition coefficient (Wildman–Crippen LogP) is 12.9. The second kappa shape index (κ2) is 14.3. The van der Waals surface area contributed by atoms with Crippen LogP contribution < -0.4 is 0 Å². The topological polar surface area (TPSA) is 40.5 Å². The van der Waals surface area contributed by atoms with Gasteiger partial charge < -0.3 is 10.2 Å². The van der Waals surface area contributed by atoms with Crippen molar-refractivity contribution in [1.82, 2.24) is 0 Å². The number of benzene rings is 5. The van der Waals surface area contributed by atoms with Gasteiger partial charge in [-0.15, -0.1) is 0 Å². The third kappa shape index (κ3) is 7.96. The highest BCUT2D eigenvalue weighted by molar-refractivity contribution is 5.64. The van der Waals surface area contributed by atoms with E-state index in [1.54, 1.807) is 12.1 Å². The van der Waals surface area contributed by atoms with Crippen LogP contribution in [0.15, 0.2) is 115 Å². The summed E-state index contributed by atoms with van der Waals surface area (Å²) in [5.74, 6) is 0.646. The minimum absolute atomic E-state index is 0.0241. The molecule has 258 valence electrons. The van der Waals surface area contributed by atoms with Gasteiger partial charge in [-0.2, -0.15) is 0 Å². The fourth-order valence-corrected chi connectivity index (χ4v) is 6.96. The second-order valence-electron chi connectivity index (χ2n) is 16.4. The zero-order valence-electron chi connectivity index (χ0n) is 31.9. The lowest BCUT2D eigenvalue weighted by Crippen LogP contribution is -2.26.